The van der Waals surface area contributed by atoms with Gasteiger partial charge < -0.3 is 5.11 Å². The van der Waals surface area contributed by atoms with E-state index in [4.69, 9.17) is 5.26 Å². The molecule has 1 heterocycles. The number of aliphatic hydroxyl groups excluding tert-OH is 1. The van der Waals surface area contributed by atoms with Crippen LogP contribution < -0.4 is 0 Å². The molecule has 0 radical (unpaired) electrons. The fraction of sp³-hybridized carbons (Fsp3) is 0.545. The summed E-state index contributed by atoms with van der Waals surface area (Å²) in [4.78, 5) is 2.39. The Morgan fingerprint density at radius 2 is 2.29 bits per heavy atom. The van der Waals surface area contributed by atoms with E-state index in [0.717, 1.165) is 17.7 Å². The second-order valence-electron chi connectivity index (χ2n) is 3.68. The summed E-state index contributed by atoms with van der Waals surface area (Å²) in [5.74, 6) is 0. The standard InChI is InChI=1S/C11H13NOS/c12-6-5-9(13)11-7-8-3-1-2-4-10(8)14-11/h7,9,13H,1-5H2. The first kappa shape index (κ1) is 9.70. The maximum atomic E-state index is 9.66. The van der Waals surface area contributed by atoms with Crippen LogP contribution in [0.1, 0.15) is 40.7 Å². The molecule has 0 saturated carbocycles. The Labute approximate surface area is 87.8 Å². The zero-order valence-electron chi connectivity index (χ0n) is 7.99. The number of rotatable bonds is 2. The van der Waals surface area contributed by atoms with Crippen molar-refractivity contribution in [2.75, 3.05) is 0 Å². The quantitative estimate of drug-likeness (QED) is 0.810. The predicted molar refractivity (Wildman–Crippen MR) is 56.2 cm³/mol. The third-order valence-corrected chi connectivity index (χ3v) is 3.97. The fourth-order valence-electron chi connectivity index (χ4n) is 1.86. The third-order valence-electron chi connectivity index (χ3n) is 2.63. The van der Waals surface area contributed by atoms with Crippen LogP contribution in [-0.2, 0) is 12.8 Å². The van der Waals surface area contributed by atoms with Gasteiger partial charge in [-0.25, -0.2) is 0 Å². The maximum Gasteiger partial charge on any atom is 0.101 e. The average molecular weight is 207 g/mol. The Kier molecular flexibility index (Phi) is 2.85. The van der Waals surface area contributed by atoms with E-state index >= 15 is 0 Å². The third kappa shape index (κ3) is 1.82. The molecule has 1 aromatic heterocycles. The summed E-state index contributed by atoms with van der Waals surface area (Å²) >= 11 is 1.68. The molecule has 1 aliphatic carbocycles. The number of nitrogens with zero attached hydrogens (tertiary/aromatic N) is 1. The van der Waals surface area contributed by atoms with Crippen molar-refractivity contribution in [3.8, 4) is 6.07 Å². The summed E-state index contributed by atoms with van der Waals surface area (Å²) in [7, 11) is 0. The number of thiophene rings is 1. The minimum atomic E-state index is -0.574. The maximum absolute atomic E-state index is 9.66. The van der Waals surface area contributed by atoms with Gasteiger partial charge in [0, 0.05) is 9.75 Å². The number of hydrogen-bond donors (Lipinski definition) is 1. The van der Waals surface area contributed by atoms with Crippen LogP contribution in [0.25, 0.3) is 0 Å². The van der Waals surface area contributed by atoms with Crippen molar-refractivity contribution in [2.45, 2.75) is 38.2 Å². The molecule has 1 aliphatic rings. The van der Waals surface area contributed by atoms with Crippen molar-refractivity contribution in [1.29, 1.82) is 5.26 Å². The molecule has 0 fully saturated rings. The van der Waals surface area contributed by atoms with Crippen molar-refractivity contribution in [1.82, 2.24) is 0 Å². The summed E-state index contributed by atoms with van der Waals surface area (Å²) in [6.07, 6.45) is 4.46. The summed E-state index contributed by atoms with van der Waals surface area (Å²) in [6.45, 7) is 0. The first-order valence-electron chi connectivity index (χ1n) is 4.97. The van der Waals surface area contributed by atoms with Gasteiger partial charge >= 0.3 is 0 Å². The Hall–Kier alpha value is -0.850. The predicted octanol–water partition coefficient (Wildman–Crippen LogP) is 2.57. The highest BCUT2D eigenvalue weighted by molar-refractivity contribution is 7.12. The molecule has 1 N–H and O–H groups in total. The normalized spacial score (nSPS) is 17.1. The van der Waals surface area contributed by atoms with Crippen molar-refractivity contribution >= 4 is 11.3 Å². The molecule has 3 heteroatoms. The molecule has 0 aliphatic heterocycles. The van der Waals surface area contributed by atoms with E-state index in [9.17, 15) is 5.11 Å². The second-order valence-corrected chi connectivity index (χ2v) is 4.85. The first-order valence-corrected chi connectivity index (χ1v) is 5.79. The number of aliphatic hydroxyl groups is 1. The molecule has 1 unspecified atom stereocenters. The largest absolute Gasteiger partial charge is 0.386 e. The summed E-state index contributed by atoms with van der Waals surface area (Å²) in [5, 5.41) is 18.2. The van der Waals surface area contributed by atoms with E-state index in [1.165, 1.54) is 23.3 Å². The van der Waals surface area contributed by atoms with Gasteiger partial charge in [0.05, 0.1) is 12.5 Å². The van der Waals surface area contributed by atoms with E-state index in [1.807, 2.05) is 6.07 Å². The second kappa shape index (κ2) is 4.12. The Balaban J connectivity index is 2.20. The molecule has 2 rings (SSSR count). The molecule has 0 bridgehead atoms. The molecule has 0 saturated heterocycles. The molecule has 0 aromatic carbocycles. The van der Waals surface area contributed by atoms with Crippen molar-refractivity contribution in [2.24, 2.45) is 0 Å². The molecular weight excluding hydrogens is 194 g/mol. The summed E-state index contributed by atoms with van der Waals surface area (Å²) < 4.78 is 0. The van der Waals surface area contributed by atoms with Gasteiger partial charge in [-0.3, -0.25) is 0 Å². The molecule has 74 valence electrons. The lowest BCUT2D eigenvalue weighted by Crippen LogP contribution is -1.96. The van der Waals surface area contributed by atoms with Crippen molar-refractivity contribution in [3.05, 3.63) is 21.4 Å². The van der Waals surface area contributed by atoms with Crippen LogP contribution in [0, 0.1) is 11.3 Å². The first-order chi connectivity index (χ1) is 6.81. The fourth-order valence-corrected chi connectivity index (χ4v) is 3.11. The highest BCUT2D eigenvalue weighted by atomic mass is 32.1. The highest BCUT2D eigenvalue weighted by Crippen LogP contribution is 2.33. The van der Waals surface area contributed by atoms with Gasteiger partial charge in [0.25, 0.3) is 0 Å². The molecule has 2 nitrogen and oxygen atoms in total. The Morgan fingerprint density at radius 3 is 3.00 bits per heavy atom. The van der Waals surface area contributed by atoms with E-state index < -0.39 is 6.10 Å². The van der Waals surface area contributed by atoms with Crippen LogP contribution in [0.15, 0.2) is 6.07 Å². The van der Waals surface area contributed by atoms with E-state index in [2.05, 4.69) is 6.07 Å². The molecule has 0 amide bonds. The monoisotopic (exact) mass is 207 g/mol. The molecular formula is C11H13NOS. The summed E-state index contributed by atoms with van der Waals surface area (Å²) in [6, 6.07) is 4.09. The van der Waals surface area contributed by atoms with Crippen LogP contribution in [0.4, 0.5) is 0 Å². The van der Waals surface area contributed by atoms with Gasteiger partial charge in [0.15, 0.2) is 0 Å². The van der Waals surface area contributed by atoms with Gasteiger partial charge in [-0.15, -0.1) is 11.3 Å². The van der Waals surface area contributed by atoms with Gasteiger partial charge in [-0.1, -0.05) is 0 Å². The van der Waals surface area contributed by atoms with Crippen LogP contribution in [-0.4, -0.2) is 5.11 Å². The lowest BCUT2D eigenvalue weighted by Gasteiger charge is -2.08. The van der Waals surface area contributed by atoms with Gasteiger partial charge in [-0.05, 0) is 37.3 Å². The molecule has 0 spiro atoms. The number of nitriles is 1. The SMILES string of the molecule is N#CCC(O)c1cc2c(s1)CCCC2. The highest BCUT2D eigenvalue weighted by Gasteiger charge is 2.17. The zero-order chi connectivity index (χ0) is 9.97. The van der Waals surface area contributed by atoms with E-state index in [-0.39, 0.29) is 6.42 Å². The molecule has 1 atom stereocenters. The van der Waals surface area contributed by atoms with Crippen LogP contribution in [0.2, 0.25) is 0 Å². The van der Waals surface area contributed by atoms with E-state index in [1.54, 1.807) is 11.3 Å². The summed E-state index contributed by atoms with van der Waals surface area (Å²) in [5.41, 5.74) is 1.40. The van der Waals surface area contributed by atoms with Crippen molar-refractivity contribution < 1.29 is 5.11 Å². The minimum Gasteiger partial charge on any atom is -0.386 e. The van der Waals surface area contributed by atoms with Gasteiger partial charge in [-0.2, -0.15) is 5.26 Å². The Bertz CT molecular complexity index is 340. The van der Waals surface area contributed by atoms with E-state index in [0.29, 0.717) is 0 Å². The van der Waals surface area contributed by atoms with Crippen LogP contribution in [0.5, 0.6) is 0 Å². The minimum absolute atomic E-state index is 0.208. The number of aryl methyl sites for hydroxylation is 2. The van der Waals surface area contributed by atoms with Crippen LogP contribution >= 0.6 is 11.3 Å². The molecule has 1 aromatic rings. The number of fused-ring (bicyclic) bond motifs is 1. The Morgan fingerprint density at radius 1 is 1.50 bits per heavy atom. The zero-order valence-corrected chi connectivity index (χ0v) is 8.81. The topological polar surface area (TPSA) is 44.0 Å². The van der Waals surface area contributed by atoms with Gasteiger partial charge in [0.2, 0.25) is 0 Å². The average Bonchev–Trinajstić information content (AvgIpc) is 2.61. The lowest BCUT2D eigenvalue weighted by molar-refractivity contribution is 0.187. The van der Waals surface area contributed by atoms with Gasteiger partial charge in [0.1, 0.15) is 6.10 Å². The van der Waals surface area contributed by atoms with Crippen molar-refractivity contribution in [3.63, 3.8) is 0 Å². The van der Waals surface area contributed by atoms with Crippen LogP contribution in [0.3, 0.4) is 0 Å². The number of hydrogen-bond acceptors (Lipinski definition) is 3. The smallest absolute Gasteiger partial charge is 0.101 e. The molecule has 14 heavy (non-hydrogen) atoms. The lowest BCUT2D eigenvalue weighted by atomic mass is 9.99.